The molecule has 0 bridgehead atoms. The third-order valence-electron chi connectivity index (χ3n) is 2.16. The Hall–Kier alpha value is -1.10. The van der Waals surface area contributed by atoms with E-state index in [1.807, 2.05) is 13.8 Å². The van der Waals surface area contributed by atoms with E-state index < -0.39 is 12.1 Å². The van der Waals surface area contributed by atoms with Crippen LogP contribution in [0, 0.1) is 5.92 Å². The molecule has 1 heterocycles. The van der Waals surface area contributed by atoms with Crippen LogP contribution in [0.2, 0.25) is 0 Å². The summed E-state index contributed by atoms with van der Waals surface area (Å²) in [6, 6.07) is -1.24. The van der Waals surface area contributed by atoms with E-state index in [-0.39, 0.29) is 18.4 Å². The second-order valence-corrected chi connectivity index (χ2v) is 3.93. The van der Waals surface area contributed by atoms with Gasteiger partial charge >= 0.3 is 0 Å². The highest BCUT2D eigenvalue weighted by molar-refractivity contribution is 5.96. The Balaban J connectivity index is 2.57. The van der Waals surface area contributed by atoms with Gasteiger partial charge in [0, 0.05) is 0 Å². The molecule has 2 atom stereocenters. The molecule has 80 valence electrons. The van der Waals surface area contributed by atoms with Crippen LogP contribution in [-0.2, 0) is 9.59 Å². The molecular weight excluding hydrogens is 184 g/mol. The minimum absolute atomic E-state index is 0.211. The van der Waals surface area contributed by atoms with Crippen LogP contribution in [0.4, 0.5) is 0 Å². The number of aliphatic hydroxyl groups excluding tert-OH is 1. The van der Waals surface area contributed by atoms with Crippen molar-refractivity contribution in [1.82, 2.24) is 10.6 Å². The molecule has 5 nitrogen and oxygen atoms in total. The molecule has 1 fully saturated rings. The van der Waals surface area contributed by atoms with Gasteiger partial charge in [-0.05, 0) is 12.3 Å². The summed E-state index contributed by atoms with van der Waals surface area (Å²) in [6.07, 6.45) is 0.621. The zero-order valence-corrected chi connectivity index (χ0v) is 8.41. The maximum atomic E-state index is 11.4. The number of carbonyl (C=O) groups is 2. The third-order valence-corrected chi connectivity index (χ3v) is 2.16. The molecule has 0 aromatic heterocycles. The number of nitrogens with one attached hydrogen (secondary N) is 2. The zero-order valence-electron chi connectivity index (χ0n) is 8.41. The van der Waals surface area contributed by atoms with Gasteiger partial charge in [-0.15, -0.1) is 0 Å². The SMILES string of the molecule is CC(C)CC1NC(=O)C(CO)NC1=O. The molecule has 0 aliphatic carbocycles. The van der Waals surface area contributed by atoms with Crippen molar-refractivity contribution >= 4 is 11.8 Å². The lowest BCUT2D eigenvalue weighted by molar-refractivity contribution is -0.138. The van der Waals surface area contributed by atoms with Crippen LogP contribution < -0.4 is 10.6 Å². The van der Waals surface area contributed by atoms with Crippen LogP contribution >= 0.6 is 0 Å². The number of aliphatic hydroxyl groups is 1. The average molecular weight is 200 g/mol. The fraction of sp³-hybridized carbons (Fsp3) is 0.778. The first kappa shape index (κ1) is 11.0. The van der Waals surface area contributed by atoms with Crippen molar-refractivity contribution in [3.63, 3.8) is 0 Å². The van der Waals surface area contributed by atoms with Crippen LogP contribution in [0.25, 0.3) is 0 Å². The Morgan fingerprint density at radius 3 is 2.21 bits per heavy atom. The van der Waals surface area contributed by atoms with Crippen molar-refractivity contribution in [2.45, 2.75) is 32.4 Å². The number of piperazine rings is 1. The van der Waals surface area contributed by atoms with Gasteiger partial charge < -0.3 is 15.7 Å². The van der Waals surface area contributed by atoms with Crippen LogP contribution in [0.15, 0.2) is 0 Å². The van der Waals surface area contributed by atoms with E-state index in [2.05, 4.69) is 10.6 Å². The first-order valence-electron chi connectivity index (χ1n) is 4.76. The number of hydrogen-bond acceptors (Lipinski definition) is 3. The van der Waals surface area contributed by atoms with Gasteiger partial charge in [0.25, 0.3) is 0 Å². The molecule has 3 N–H and O–H groups in total. The number of rotatable bonds is 3. The monoisotopic (exact) mass is 200 g/mol. The molecule has 0 spiro atoms. The van der Waals surface area contributed by atoms with E-state index in [9.17, 15) is 9.59 Å². The average Bonchev–Trinajstić information content (AvgIpc) is 2.10. The highest BCUT2D eigenvalue weighted by atomic mass is 16.3. The Kier molecular flexibility index (Phi) is 3.46. The lowest BCUT2D eigenvalue weighted by Crippen LogP contribution is -2.63. The van der Waals surface area contributed by atoms with E-state index in [0.29, 0.717) is 12.3 Å². The maximum absolute atomic E-state index is 11.4. The van der Waals surface area contributed by atoms with Crippen molar-refractivity contribution in [2.75, 3.05) is 6.61 Å². The summed E-state index contributed by atoms with van der Waals surface area (Å²) in [5.41, 5.74) is 0. The van der Waals surface area contributed by atoms with Gasteiger partial charge in [-0.25, -0.2) is 0 Å². The summed E-state index contributed by atoms with van der Waals surface area (Å²) in [6.45, 7) is 3.61. The number of hydrogen-bond donors (Lipinski definition) is 3. The van der Waals surface area contributed by atoms with Crippen molar-refractivity contribution in [2.24, 2.45) is 5.92 Å². The molecule has 1 rings (SSSR count). The molecule has 1 aliphatic rings. The van der Waals surface area contributed by atoms with Gasteiger partial charge in [-0.2, -0.15) is 0 Å². The molecule has 0 saturated carbocycles. The van der Waals surface area contributed by atoms with Crippen LogP contribution in [-0.4, -0.2) is 35.6 Å². The molecule has 0 aromatic rings. The van der Waals surface area contributed by atoms with E-state index in [1.165, 1.54) is 0 Å². The fourth-order valence-electron chi connectivity index (χ4n) is 1.44. The van der Waals surface area contributed by atoms with Crippen molar-refractivity contribution in [3.8, 4) is 0 Å². The molecule has 2 amide bonds. The molecule has 5 heteroatoms. The van der Waals surface area contributed by atoms with E-state index in [0.717, 1.165) is 0 Å². The summed E-state index contributed by atoms with van der Waals surface area (Å²) in [7, 11) is 0. The first-order valence-corrected chi connectivity index (χ1v) is 4.76. The first-order chi connectivity index (χ1) is 6.54. The largest absolute Gasteiger partial charge is 0.394 e. The quantitative estimate of drug-likeness (QED) is 0.547. The molecule has 0 radical (unpaired) electrons. The van der Waals surface area contributed by atoms with Gasteiger partial charge in [0.15, 0.2) is 0 Å². The lowest BCUT2D eigenvalue weighted by atomic mass is 10.0. The van der Waals surface area contributed by atoms with Gasteiger partial charge in [0.05, 0.1) is 6.61 Å². The highest BCUT2D eigenvalue weighted by Crippen LogP contribution is 2.08. The van der Waals surface area contributed by atoms with Crippen LogP contribution in [0.3, 0.4) is 0 Å². The Labute approximate surface area is 82.9 Å². The number of amides is 2. The predicted molar refractivity (Wildman–Crippen MR) is 50.4 cm³/mol. The lowest BCUT2D eigenvalue weighted by Gasteiger charge is -2.29. The second kappa shape index (κ2) is 4.41. The van der Waals surface area contributed by atoms with Crippen molar-refractivity contribution < 1.29 is 14.7 Å². The summed E-state index contributed by atoms with van der Waals surface area (Å²) in [5, 5.41) is 13.8. The van der Waals surface area contributed by atoms with E-state index >= 15 is 0 Å². The fourth-order valence-corrected chi connectivity index (χ4v) is 1.44. The van der Waals surface area contributed by atoms with Crippen LogP contribution in [0.1, 0.15) is 20.3 Å². The van der Waals surface area contributed by atoms with Gasteiger partial charge in [-0.1, -0.05) is 13.8 Å². The molecule has 0 aromatic carbocycles. The van der Waals surface area contributed by atoms with Crippen molar-refractivity contribution in [1.29, 1.82) is 0 Å². The summed E-state index contributed by atoms with van der Waals surface area (Å²) >= 11 is 0. The van der Waals surface area contributed by atoms with E-state index in [1.54, 1.807) is 0 Å². The second-order valence-electron chi connectivity index (χ2n) is 3.93. The normalized spacial score (nSPS) is 27.4. The molecular formula is C9H16N2O3. The molecule has 2 unspecified atom stereocenters. The molecule has 1 aliphatic heterocycles. The summed E-state index contributed by atoms with van der Waals surface area (Å²) < 4.78 is 0. The smallest absolute Gasteiger partial charge is 0.245 e. The van der Waals surface area contributed by atoms with E-state index in [4.69, 9.17) is 5.11 Å². The molecule has 14 heavy (non-hydrogen) atoms. The molecule has 1 saturated heterocycles. The Morgan fingerprint density at radius 1 is 1.21 bits per heavy atom. The summed E-state index contributed by atoms with van der Waals surface area (Å²) in [4.78, 5) is 22.7. The topological polar surface area (TPSA) is 78.4 Å². The number of carbonyl (C=O) groups excluding carboxylic acids is 2. The minimum atomic E-state index is -0.786. The van der Waals surface area contributed by atoms with Crippen molar-refractivity contribution in [3.05, 3.63) is 0 Å². The van der Waals surface area contributed by atoms with Crippen LogP contribution in [0.5, 0.6) is 0 Å². The maximum Gasteiger partial charge on any atom is 0.245 e. The predicted octanol–water partition coefficient (Wildman–Crippen LogP) is -0.992. The minimum Gasteiger partial charge on any atom is -0.394 e. The highest BCUT2D eigenvalue weighted by Gasteiger charge is 2.33. The zero-order chi connectivity index (χ0) is 10.7. The Morgan fingerprint density at radius 2 is 1.71 bits per heavy atom. The van der Waals surface area contributed by atoms with Gasteiger partial charge in [0.2, 0.25) is 11.8 Å². The Bertz CT molecular complexity index is 240. The summed E-state index contributed by atoms with van der Waals surface area (Å²) in [5.74, 6) is -0.174. The van der Waals surface area contributed by atoms with Gasteiger partial charge in [0.1, 0.15) is 12.1 Å². The standard InChI is InChI=1S/C9H16N2O3/c1-5(2)3-6-8(13)11-7(4-12)9(14)10-6/h5-7,12H,3-4H2,1-2H3,(H,10,14)(H,11,13). The van der Waals surface area contributed by atoms with Gasteiger partial charge in [-0.3, -0.25) is 9.59 Å². The third kappa shape index (κ3) is 2.45.